The van der Waals surface area contributed by atoms with E-state index in [0.717, 1.165) is 16.7 Å². The van der Waals surface area contributed by atoms with E-state index in [2.05, 4.69) is 6.07 Å². The molecule has 2 aromatic rings. The van der Waals surface area contributed by atoms with Crippen LogP contribution in [0.3, 0.4) is 0 Å². The van der Waals surface area contributed by atoms with Crippen LogP contribution in [0.4, 0.5) is 4.79 Å². The Labute approximate surface area is 170 Å². The van der Waals surface area contributed by atoms with Crippen molar-refractivity contribution < 1.29 is 19.4 Å². The molecule has 2 aliphatic heterocycles. The molecule has 0 spiro atoms. The zero-order valence-corrected chi connectivity index (χ0v) is 16.4. The minimum atomic E-state index is -1.06. The van der Waals surface area contributed by atoms with Gasteiger partial charge in [-0.25, -0.2) is 4.79 Å². The van der Waals surface area contributed by atoms with E-state index in [1.165, 1.54) is 0 Å². The molecule has 0 aliphatic carbocycles. The lowest BCUT2D eigenvalue weighted by Gasteiger charge is -2.51. The molecule has 2 atom stereocenters. The number of carbonyl (C=O) groups is 1. The summed E-state index contributed by atoms with van der Waals surface area (Å²) < 4.78 is 11.2. The first-order valence-electron chi connectivity index (χ1n) is 9.80. The third-order valence-corrected chi connectivity index (χ3v) is 5.85. The van der Waals surface area contributed by atoms with E-state index in [9.17, 15) is 9.90 Å². The predicted octanol–water partition coefficient (Wildman–Crippen LogP) is 3.25. The van der Waals surface area contributed by atoms with E-state index in [1.54, 1.807) is 11.0 Å². The number of rotatable bonds is 3. The van der Waals surface area contributed by atoms with Crippen molar-refractivity contribution >= 4 is 6.09 Å². The number of fused-ring (bicyclic) bond motifs is 2. The van der Waals surface area contributed by atoms with Gasteiger partial charge < -0.3 is 14.6 Å². The van der Waals surface area contributed by atoms with E-state index >= 15 is 0 Å². The number of benzene rings is 2. The quantitative estimate of drug-likeness (QED) is 0.867. The number of aryl methyl sites for hydroxylation is 1. The molecule has 150 valence electrons. The standard InChI is InChI=1S/C23H24N2O4/c1-16-9-19(8-7-18(16)12-24)23(27)10-20-14-28-15-21(11-23)25(20)22(26)29-13-17-5-3-2-4-6-17/h2-9,20-21,27H,10-11,13-15H2,1H3. The van der Waals surface area contributed by atoms with Gasteiger partial charge >= 0.3 is 6.09 Å². The fourth-order valence-corrected chi connectivity index (χ4v) is 4.38. The zero-order valence-electron chi connectivity index (χ0n) is 16.4. The van der Waals surface area contributed by atoms with E-state index in [0.29, 0.717) is 31.6 Å². The Bertz CT molecular complexity index is 924. The van der Waals surface area contributed by atoms with Crippen molar-refractivity contribution in [3.63, 3.8) is 0 Å². The summed E-state index contributed by atoms with van der Waals surface area (Å²) in [6.07, 6.45) is 0.370. The third kappa shape index (κ3) is 3.84. The molecule has 2 bridgehead atoms. The smallest absolute Gasteiger partial charge is 0.410 e. The summed E-state index contributed by atoms with van der Waals surface area (Å²) in [5, 5.41) is 20.6. The molecule has 6 nitrogen and oxygen atoms in total. The van der Waals surface area contributed by atoms with Crippen molar-refractivity contribution in [2.45, 2.75) is 44.1 Å². The van der Waals surface area contributed by atoms with Crippen molar-refractivity contribution in [2.24, 2.45) is 0 Å². The van der Waals surface area contributed by atoms with Gasteiger partial charge in [0.05, 0.1) is 42.5 Å². The van der Waals surface area contributed by atoms with Crippen molar-refractivity contribution in [3.8, 4) is 6.07 Å². The Kier molecular flexibility index (Phi) is 5.27. The lowest BCUT2D eigenvalue weighted by Crippen LogP contribution is -2.62. The molecule has 2 aromatic carbocycles. The molecule has 2 unspecified atom stereocenters. The maximum atomic E-state index is 12.8. The Morgan fingerprint density at radius 1 is 1.24 bits per heavy atom. The fourth-order valence-electron chi connectivity index (χ4n) is 4.38. The molecule has 2 saturated heterocycles. The number of nitriles is 1. The molecule has 1 N–H and O–H groups in total. The van der Waals surface area contributed by atoms with Gasteiger partial charge in [0.15, 0.2) is 0 Å². The SMILES string of the molecule is Cc1cc(C2(O)CC3COCC(C2)N3C(=O)OCc2ccccc2)ccc1C#N. The minimum Gasteiger partial charge on any atom is -0.445 e. The molecule has 4 rings (SSSR count). The lowest BCUT2D eigenvalue weighted by atomic mass is 9.76. The number of hydrogen-bond acceptors (Lipinski definition) is 5. The molecular weight excluding hydrogens is 368 g/mol. The Morgan fingerprint density at radius 3 is 2.55 bits per heavy atom. The van der Waals surface area contributed by atoms with Crippen LogP contribution in [-0.2, 0) is 21.7 Å². The van der Waals surface area contributed by atoms with Crippen LogP contribution in [0.2, 0.25) is 0 Å². The van der Waals surface area contributed by atoms with Crippen LogP contribution in [-0.4, -0.2) is 41.4 Å². The topological polar surface area (TPSA) is 82.8 Å². The number of amides is 1. The summed E-state index contributed by atoms with van der Waals surface area (Å²) in [4.78, 5) is 14.5. The number of carbonyl (C=O) groups excluding carboxylic acids is 1. The highest BCUT2D eigenvalue weighted by atomic mass is 16.6. The van der Waals surface area contributed by atoms with Gasteiger partial charge in [0.1, 0.15) is 6.61 Å². The molecule has 0 saturated carbocycles. The molecular formula is C23H24N2O4. The van der Waals surface area contributed by atoms with Gasteiger partial charge in [-0.15, -0.1) is 0 Å². The average molecular weight is 392 g/mol. The summed E-state index contributed by atoms with van der Waals surface area (Å²) in [5.74, 6) is 0. The summed E-state index contributed by atoms with van der Waals surface area (Å²) in [7, 11) is 0. The van der Waals surface area contributed by atoms with Crippen LogP contribution < -0.4 is 0 Å². The Hall–Kier alpha value is -2.88. The maximum absolute atomic E-state index is 12.8. The molecule has 1 amide bonds. The Balaban J connectivity index is 1.50. The van der Waals surface area contributed by atoms with Crippen LogP contribution in [0.1, 0.15) is 35.1 Å². The van der Waals surface area contributed by atoms with Gasteiger partial charge in [0, 0.05) is 12.8 Å². The fraction of sp³-hybridized carbons (Fsp3) is 0.391. The number of aliphatic hydroxyl groups is 1. The van der Waals surface area contributed by atoms with Crippen LogP contribution in [0, 0.1) is 18.3 Å². The predicted molar refractivity (Wildman–Crippen MR) is 106 cm³/mol. The summed E-state index contributed by atoms with van der Waals surface area (Å²) in [6.45, 7) is 2.82. The van der Waals surface area contributed by atoms with Gasteiger partial charge in [-0.3, -0.25) is 4.90 Å². The highest BCUT2D eigenvalue weighted by Crippen LogP contribution is 2.41. The normalized spacial score (nSPS) is 25.9. The number of piperidine rings is 1. The second kappa shape index (κ2) is 7.86. The summed E-state index contributed by atoms with van der Waals surface area (Å²) in [5.41, 5.74) is 2.09. The maximum Gasteiger partial charge on any atom is 0.410 e. The largest absolute Gasteiger partial charge is 0.445 e. The Morgan fingerprint density at radius 2 is 1.93 bits per heavy atom. The monoisotopic (exact) mass is 392 g/mol. The van der Waals surface area contributed by atoms with Crippen LogP contribution in [0.15, 0.2) is 48.5 Å². The molecule has 6 heteroatoms. The molecule has 29 heavy (non-hydrogen) atoms. The number of ether oxygens (including phenoxy) is 2. The number of nitrogens with zero attached hydrogens (tertiary/aromatic N) is 2. The van der Waals surface area contributed by atoms with Gasteiger partial charge in [-0.05, 0) is 29.7 Å². The minimum absolute atomic E-state index is 0.218. The lowest BCUT2D eigenvalue weighted by molar-refractivity contribution is -0.136. The zero-order chi connectivity index (χ0) is 20.4. The molecule has 0 aromatic heterocycles. The summed E-state index contributed by atoms with van der Waals surface area (Å²) in [6, 6.07) is 16.6. The highest BCUT2D eigenvalue weighted by molar-refractivity contribution is 5.69. The van der Waals surface area contributed by atoms with Crippen molar-refractivity contribution in [2.75, 3.05) is 13.2 Å². The van der Waals surface area contributed by atoms with Crippen molar-refractivity contribution in [1.82, 2.24) is 4.90 Å². The van der Waals surface area contributed by atoms with Crippen LogP contribution >= 0.6 is 0 Å². The average Bonchev–Trinajstić information content (AvgIpc) is 2.72. The highest BCUT2D eigenvalue weighted by Gasteiger charge is 2.49. The van der Waals surface area contributed by atoms with E-state index in [4.69, 9.17) is 14.7 Å². The molecule has 2 heterocycles. The first kappa shape index (κ1) is 19.4. The third-order valence-electron chi connectivity index (χ3n) is 5.85. The van der Waals surface area contributed by atoms with E-state index in [1.807, 2.05) is 49.4 Å². The van der Waals surface area contributed by atoms with Gasteiger partial charge in [0.2, 0.25) is 0 Å². The van der Waals surface area contributed by atoms with Crippen LogP contribution in [0.5, 0.6) is 0 Å². The molecule has 0 radical (unpaired) electrons. The molecule has 2 fully saturated rings. The van der Waals surface area contributed by atoms with Crippen LogP contribution in [0.25, 0.3) is 0 Å². The first-order valence-corrected chi connectivity index (χ1v) is 9.80. The van der Waals surface area contributed by atoms with Gasteiger partial charge in [-0.2, -0.15) is 5.26 Å². The van der Waals surface area contributed by atoms with Gasteiger partial charge in [0.25, 0.3) is 0 Å². The molecule has 2 aliphatic rings. The van der Waals surface area contributed by atoms with E-state index in [-0.39, 0.29) is 24.8 Å². The van der Waals surface area contributed by atoms with Crippen molar-refractivity contribution in [3.05, 3.63) is 70.8 Å². The second-order valence-corrected chi connectivity index (χ2v) is 7.87. The summed E-state index contributed by atoms with van der Waals surface area (Å²) >= 11 is 0. The van der Waals surface area contributed by atoms with E-state index < -0.39 is 5.60 Å². The van der Waals surface area contributed by atoms with Gasteiger partial charge in [-0.1, -0.05) is 42.5 Å². The van der Waals surface area contributed by atoms with Crippen molar-refractivity contribution in [1.29, 1.82) is 5.26 Å². The number of morpholine rings is 1. The second-order valence-electron chi connectivity index (χ2n) is 7.87. The number of hydrogen-bond donors (Lipinski definition) is 1. The first-order chi connectivity index (χ1) is 14.0.